The Kier molecular flexibility index (Phi) is 4.28. The van der Waals surface area contributed by atoms with E-state index in [0.717, 1.165) is 0 Å². The number of carboxylic acid groups (broad SMARTS) is 1. The van der Waals surface area contributed by atoms with Crippen LogP contribution in [0.4, 0.5) is 0 Å². The largest absolute Gasteiger partial charge is 0.480 e. The van der Waals surface area contributed by atoms with Gasteiger partial charge in [-0.3, -0.25) is 9.59 Å². The summed E-state index contributed by atoms with van der Waals surface area (Å²) < 4.78 is 0. The third-order valence-corrected chi connectivity index (χ3v) is 1.78. The highest BCUT2D eigenvalue weighted by molar-refractivity contribution is 5.77. The van der Waals surface area contributed by atoms with Crippen LogP contribution in [-0.4, -0.2) is 23.0 Å². The van der Waals surface area contributed by atoms with E-state index in [0.29, 0.717) is 6.42 Å². The summed E-state index contributed by atoms with van der Waals surface area (Å²) in [6.45, 7) is 1.77. The first kappa shape index (κ1) is 10.9. The lowest BCUT2D eigenvalue weighted by atomic mass is 9.94. The van der Waals surface area contributed by atoms with Gasteiger partial charge in [-0.25, -0.2) is 0 Å². The average molecular weight is 174 g/mol. The minimum atomic E-state index is -1.09. The highest BCUT2D eigenvalue weighted by atomic mass is 16.4. The number of nitrogens with two attached hydrogens (primary N) is 2. The molecule has 0 radical (unpaired) electrons. The van der Waals surface area contributed by atoms with Gasteiger partial charge in [0.05, 0.1) is 0 Å². The molecule has 5 heteroatoms. The lowest BCUT2D eigenvalue weighted by Crippen LogP contribution is -2.39. The summed E-state index contributed by atoms with van der Waals surface area (Å²) in [5.74, 6) is -1.97. The average Bonchev–Trinajstić information content (AvgIpc) is 1.98. The van der Waals surface area contributed by atoms with Gasteiger partial charge in [-0.15, -0.1) is 0 Å². The summed E-state index contributed by atoms with van der Waals surface area (Å²) in [5.41, 5.74) is 10.2. The fraction of sp³-hybridized carbons (Fsp3) is 0.714. The molecule has 0 aromatic carbocycles. The maximum Gasteiger partial charge on any atom is 0.320 e. The number of carbonyl (C=O) groups is 2. The van der Waals surface area contributed by atoms with Gasteiger partial charge in [0, 0.05) is 6.42 Å². The van der Waals surface area contributed by atoms with Crippen LogP contribution in [0.2, 0.25) is 0 Å². The van der Waals surface area contributed by atoms with Crippen molar-refractivity contribution in [2.45, 2.75) is 25.8 Å². The molecule has 2 unspecified atom stereocenters. The molecule has 0 heterocycles. The van der Waals surface area contributed by atoms with E-state index in [2.05, 4.69) is 0 Å². The maximum atomic E-state index is 10.5. The van der Waals surface area contributed by atoms with E-state index in [1.165, 1.54) is 0 Å². The molecule has 0 saturated carbocycles. The number of hydrogen-bond donors (Lipinski definition) is 3. The molecule has 2 atom stereocenters. The second-order valence-electron chi connectivity index (χ2n) is 2.70. The maximum absolute atomic E-state index is 10.5. The van der Waals surface area contributed by atoms with Gasteiger partial charge < -0.3 is 16.6 Å². The van der Waals surface area contributed by atoms with E-state index >= 15 is 0 Å². The molecule has 0 aliphatic rings. The van der Waals surface area contributed by atoms with E-state index in [9.17, 15) is 9.59 Å². The molecule has 5 N–H and O–H groups in total. The highest BCUT2D eigenvalue weighted by Gasteiger charge is 2.23. The Morgan fingerprint density at radius 2 is 2.00 bits per heavy atom. The molecular weight excluding hydrogens is 160 g/mol. The predicted octanol–water partition coefficient (Wildman–Crippen LogP) is -0.700. The molecule has 0 aliphatic carbocycles. The van der Waals surface area contributed by atoms with Crippen molar-refractivity contribution in [2.75, 3.05) is 0 Å². The summed E-state index contributed by atoms with van der Waals surface area (Å²) in [6.07, 6.45) is 0.570. The first-order valence-electron chi connectivity index (χ1n) is 3.75. The van der Waals surface area contributed by atoms with Crippen LogP contribution in [0, 0.1) is 5.92 Å². The van der Waals surface area contributed by atoms with Crippen molar-refractivity contribution in [1.29, 1.82) is 0 Å². The molecule has 0 aromatic heterocycles. The number of aliphatic carboxylic acids is 1. The second-order valence-corrected chi connectivity index (χ2v) is 2.70. The summed E-state index contributed by atoms with van der Waals surface area (Å²) in [4.78, 5) is 20.9. The van der Waals surface area contributed by atoms with Crippen molar-refractivity contribution >= 4 is 11.9 Å². The third kappa shape index (κ3) is 3.34. The molecule has 12 heavy (non-hydrogen) atoms. The fourth-order valence-corrected chi connectivity index (χ4v) is 0.985. The highest BCUT2D eigenvalue weighted by Crippen LogP contribution is 2.11. The number of amides is 1. The smallest absolute Gasteiger partial charge is 0.320 e. The van der Waals surface area contributed by atoms with Gasteiger partial charge in [-0.1, -0.05) is 13.3 Å². The van der Waals surface area contributed by atoms with Crippen LogP contribution in [0.3, 0.4) is 0 Å². The Labute approximate surface area is 70.7 Å². The standard InChI is InChI=1S/C7H14N2O3/c1-2-4(3-5(8)10)6(9)7(11)12/h4,6H,2-3,9H2,1H3,(H2,8,10)(H,11,12). The lowest BCUT2D eigenvalue weighted by Gasteiger charge is -2.16. The quantitative estimate of drug-likeness (QED) is 0.512. The minimum Gasteiger partial charge on any atom is -0.480 e. The van der Waals surface area contributed by atoms with Crippen LogP contribution < -0.4 is 11.5 Å². The number of carboxylic acids is 1. The van der Waals surface area contributed by atoms with Crippen molar-refractivity contribution in [3.05, 3.63) is 0 Å². The first-order chi connectivity index (χ1) is 5.49. The molecule has 1 amide bonds. The van der Waals surface area contributed by atoms with E-state index in [-0.39, 0.29) is 12.3 Å². The van der Waals surface area contributed by atoms with E-state index in [1.54, 1.807) is 6.92 Å². The summed E-state index contributed by atoms with van der Waals surface area (Å²) >= 11 is 0. The number of hydrogen-bond acceptors (Lipinski definition) is 3. The Bertz CT molecular complexity index is 181. The molecule has 0 aromatic rings. The van der Waals surface area contributed by atoms with E-state index in [1.807, 2.05) is 0 Å². The normalized spacial score (nSPS) is 15.2. The molecule has 0 bridgehead atoms. The number of rotatable bonds is 5. The summed E-state index contributed by atoms with van der Waals surface area (Å²) in [6, 6.07) is -0.998. The summed E-state index contributed by atoms with van der Waals surface area (Å²) in [7, 11) is 0. The van der Waals surface area contributed by atoms with Crippen LogP contribution in [0.5, 0.6) is 0 Å². The van der Waals surface area contributed by atoms with E-state index < -0.39 is 17.9 Å². The second kappa shape index (κ2) is 4.71. The minimum absolute atomic E-state index is 0.0317. The molecular formula is C7H14N2O3. The van der Waals surface area contributed by atoms with Crippen molar-refractivity contribution in [1.82, 2.24) is 0 Å². The SMILES string of the molecule is CCC(CC(N)=O)C(N)C(=O)O. The zero-order chi connectivity index (χ0) is 9.72. The predicted molar refractivity (Wildman–Crippen MR) is 43.2 cm³/mol. The van der Waals surface area contributed by atoms with Crippen molar-refractivity contribution < 1.29 is 14.7 Å². The zero-order valence-corrected chi connectivity index (χ0v) is 6.99. The fourth-order valence-electron chi connectivity index (χ4n) is 0.985. The number of carbonyl (C=O) groups excluding carboxylic acids is 1. The van der Waals surface area contributed by atoms with Crippen molar-refractivity contribution in [3.8, 4) is 0 Å². The zero-order valence-electron chi connectivity index (χ0n) is 6.99. The van der Waals surface area contributed by atoms with Gasteiger partial charge in [0.1, 0.15) is 6.04 Å². The molecule has 0 aliphatic heterocycles. The lowest BCUT2D eigenvalue weighted by molar-refractivity contribution is -0.140. The summed E-state index contributed by atoms with van der Waals surface area (Å²) in [5, 5.41) is 8.52. The van der Waals surface area contributed by atoms with Crippen molar-refractivity contribution in [2.24, 2.45) is 17.4 Å². The topological polar surface area (TPSA) is 106 Å². The Hall–Kier alpha value is -1.10. The van der Waals surface area contributed by atoms with Crippen LogP contribution in [-0.2, 0) is 9.59 Å². The van der Waals surface area contributed by atoms with Gasteiger partial charge >= 0.3 is 5.97 Å². The van der Waals surface area contributed by atoms with Gasteiger partial charge in [0.25, 0.3) is 0 Å². The molecule has 0 spiro atoms. The van der Waals surface area contributed by atoms with E-state index in [4.69, 9.17) is 16.6 Å². The van der Waals surface area contributed by atoms with Gasteiger partial charge in [-0.05, 0) is 5.92 Å². The third-order valence-electron chi connectivity index (χ3n) is 1.78. The monoisotopic (exact) mass is 174 g/mol. The van der Waals surface area contributed by atoms with Crippen LogP contribution in [0.25, 0.3) is 0 Å². The Morgan fingerprint density at radius 1 is 1.50 bits per heavy atom. The van der Waals surface area contributed by atoms with Crippen LogP contribution >= 0.6 is 0 Å². The molecule has 5 nitrogen and oxygen atoms in total. The van der Waals surface area contributed by atoms with Crippen molar-refractivity contribution in [3.63, 3.8) is 0 Å². The number of primary amides is 1. The first-order valence-corrected chi connectivity index (χ1v) is 3.75. The molecule has 0 fully saturated rings. The van der Waals surface area contributed by atoms with Crippen LogP contribution in [0.15, 0.2) is 0 Å². The van der Waals surface area contributed by atoms with Gasteiger partial charge in [-0.2, -0.15) is 0 Å². The molecule has 0 saturated heterocycles. The molecule has 0 rings (SSSR count). The van der Waals surface area contributed by atoms with Gasteiger partial charge in [0.2, 0.25) is 5.91 Å². The Morgan fingerprint density at radius 3 is 2.25 bits per heavy atom. The van der Waals surface area contributed by atoms with Crippen LogP contribution in [0.1, 0.15) is 19.8 Å². The Balaban J connectivity index is 4.14. The van der Waals surface area contributed by atoms with Gasteiger partial charge in [0.15, 0.2) is 0 Å². The molecule has 70 valence electrons.